The van der Waals surface area contributed by atoms with Gasteiger partial charge in [0.05, 0.1) is 12.1 Å². The molecule has 0 aliphatic heterocycles. The normalized spacial score (nSPS) is 13.2. The molecule has 5 nitrogen and oxygen atoms in total. The molecule has 1 heterocycles. The lowest BCUT2D eigenvalue weighted by molar-refractivity contribution is -0.141. The van der Waals surface area contributed by atoms with Gasteiger partial charge in [0.2, 0.25) is 5.91 Å². The number of aromatic nitrogens is 1. The zero-order valence-corrected chi connectivity index (χ0v) is 20.5. The Morgan fingerprint density at radius 1 is 1.06 bits per heavy atom. The lowest BCUT2D eigenvalue weighted by Gasteiger charge is -2.26. The highest BCUT2D eigenvalue weighted by Crippen LogP contribution is 2.32. The fourth-order valence-electron chi connectivity index (χ4n) is 3.61. The van der Waals surface area contributed by atoms with Gasteiger partial charge in [0.25, 0.3) is 0 Å². The molecule has 0 spiro atoms. The van der Waals surface area contributed by atoms with Gasteiger partial charge in [-0.25, -0.2) is 0 Å². The molecule has 2 atom stereocenters. The van der Waals surface area contributed by atoms with E-state index in [4.69, 9.17) is 27.9 Å². The molecule has 3 aromatic rings. The largest absolute Gasteiger partial charge is 0.495 e. The molecule has 0 aliphatic carbocycles. The van der Waals surface area contributed by atoms with Gasteiger partial charge in [-0.2, -0.15) is 13.2 Å². The molecule has 1 aromatic heterocycles. The van der Waals surface area contributed by atoms with Gasteiger partial charge in [0, 0.05) is 24.3 Å². The van der Waals surface area contributed by atoms with Crippen molar-refractivity contribution < 1.29 is 22.7 Å². The first-order chi connectivity index (χ1) is 16.6. The number of aryl methyl sites for hydroxylation is 1. The van der Waals surface area contributed by atoms with Crippen molar-refractivity contribution in [2.45, 2.75) is 31.1 Å². The molecule has 0 saturated heterocycles. The SMILES string of the molecule is CNC(=O)C(N[C@H](CCc1ccc(C(F)(F)F)nc1)c1ccc(Cl)c(OC)c1)c1ccc(Cl)cc1. The number of nitrogens with one attached hydrogen (secondary N) is 2. The summed E-state index contributed by atoms with van der Waals surface area (Å²) >= 11 is 12.2. The first-order valence-electron chi connectivity index (χ1n) is 10.7. The van der Waals surface area contributed by atoms with Crippen LogP contribution >= 0.6 is 23.2 Å². The molecular weight excluding hydrogens is 502 g/mol. The van der Waals surface area contributed by atoms with Crippen molar-refractivity contribution >= 4 is 29.1 Å². The topological polar surface area (TPSA) is 63.2 Å². The molecule has 2 N–H and O–H groups in total. The van der Waals surface area contributed by atoms with Crippen molar-refractivity contribution in [3.8, 4) is 5.75 Å². The standard InChI is InChI=1S/C25H24Cl2F3N3O2/c1-31-24(34)23(16-5-8-18(26)9-6-16)33-20(17-7-10-19(27)21(13-17)35-2)11-3-15-4-12-22(32-14-15)25(28,29)30/h4-10,12-14,20,23,33H,3,11H2,1-2H3,(H,31,34)/t20-,23?/m1/s1. The molecule has 2 aromatic carbocycles. The van der Waals surface area contributed by atoms with Crippen molar-refractivity contribution in [1.29, 1.82) is 0 Å². The Hall–Kier alpha value is -2.81. The van der Waals surface area contributed by atoms with Crippen LogP contribution in [-0.2, 0) is 17.4 Å². The number of hydrogen-bond acceptors (Lipinski definition) is 4. The maximum Gasteiger partial charge on any atom is 0.433 e. The summed E-state index contributed by atoms with van der Waals surface area (Å²) in [6, 6.07) is 13.5. The van der Waals surface area contributed by atoms with Gasteiger partial charge in [-0.1, -0.05) is 47.5 Å². The van der Waals surface area contributed by atoms with Crippen molar-refractivity contribution in [2.24, 2.45) is 0 Å². The zero-order valence-electron chi connectivity index (χ0n) is 19.0. The maximum absolute atomic E-state index is 12.9. The number of rotatable bonds is 9. The number of halogens is 5. The lowest BCUT2D eigenvalue weighted by atomic mass is 9.96. The third-order valence-corrected chi connectivity index (χ3v) is 6.06. The van der Waals surface area contributed by atoms with E-state index in [1.54, 1.807) is 43.4 Å². The molecular formula is C25H24Cl2F3N3O2. The van der Waals surface area contributed by atoms with Crippen LogP contribution in [-0.4, -0.2) is 25.0 Å². The minimum Gasteiger partial charge on any atom is -0.495 e. The van der Waals surface area contributed by atoms with E-state index < -0.39 is 17.9 Å². The molecule has 35 heavy (non-hydrogen) atoms. The van der Waals surface area contributed by atoms with Gasteiger partial charge >= 0.3 is 6.18 Å². The predicted molar refractivity (Wildman–Crippen MR) is 130 cm³/mol. The second-order valence-electron chi connectivity index (χ2n) is 7.80. The Labute approximate surface area is 211 Å². The number of amides is 1. The number of carbonyl (C=O) groups excluding carboxylic acids is 1. The molecule has 3 rings (SSSR count). The van der Waals surface area contributed by atoms with E-state index in [0.717, 1.165) is 11.6 Å². The number of methoxy groups -OCH3 is 1. The number of pyridine rings is 1. The maximum atomic E-state index is 12.9. The first-order valence-corrected chi connectivity index (χ1v) is 11.5. The van der Waals surface area contributed by atoms with E-state index in [1.165, 1.54) is 19.4 Å². The van der Waals surface area contributed by atoms with Crippen molar-refractivity contribution in [1.82, 2.24) is 15.6 Å². The van der Waals surface area contributed by atoms with E-state index in [1.807, 2.05) is 6.07 Å². The summed E-state index contributed by atoms with van der Waals surface area (Å²) in [6.45, 7) is 0. The second kappa shape index (κ2) is 11.7. The van der Waals surface area contributed by atoms with Gasteiger partial charge in [-0.05, 0) is 59.9 Å². The molecule has 0 saturated carbocycles. The second-order valence-corrected chi connectivity index (χ2v) is 8.64. The minimum absolute atomic E-state index is 0.255. The van der Waals surface area contributed by atoms with Gasteiger partial charge < -0.3 is 10.1 Å². The summed E-state index contributed by atoms with van der Waals surface area (Å²) in [5.74, 6) is 0.213. The Morgan fingerprint density at radius 3 is 2.31 bits per heavy atom. The van der Waals surface area contributed by atoms with Crippen LogP contribution in [0.1, 0.15) is 40.9 Å². The highest BCUT2D eigenvalue weighted by atomic mass is 35.5. The fourth-order valence-corrected chi connectivity index (χ4v) is 3.94. The van der Waals surface area contributed by atoms with E-state index >= 15 is 0 Å². The highest BCUT2D eigenvalue weighted by Gasteiger charge is 2.32. The van der Waals surface area contributed by atoms with Gasteiger partial charge in [0.15, 0.2) is 0 Å². The van der Waals surface area contributed by atoms with Crippen LogP contribution in [0.15, 0.2) is 60.8 Å². The lowest BCUT2D eigenvalue weighted by Crippen LogP contribution is -2.38. The molecule has 10 heteroatoms. The van der Waals surface area contributed by atoms with Crippen LogP contribution in [0.4, 0.5) is 13.2 Å². The summed E-state index contributed by atoms with van der Waals surface area (Å²) < 4.78 is 43.9. The number of benzene rings is 2. The average Bonchev–Trinajstić information content (AvgIpc) is 2.84. The quantitative estimate of drug-likeness (QED) is 0.350. The van der Waals surface area contributed by atoms with Crippen LogP contribution in [0, 0.1) is 0 Å². The molecule has 186 valence electrons. The third-order valence-electron chi connectivity index (χ3n) is 5.49. The molecule has 1 unspecified atom stereocenters. The third kappa shape index (κ3) is 7.10. The van der Waals surface area contributed by atoms with Gasteiger partial charge in [0.1, 0.15) is 17.5 Å². The smallest absolute Gasteiger partial charge is 0.433 e. The molecule has 0 radical (unpaired) electrons. The number of carbonyl (C=O) groups is 1. The highest BCUT2D eigenvalue weighted by molar-refractivity contribution is 6.32. The predicted octanol–water partition coefficient (Wildman–Crippen LogP) is 6.17. The molecule has 0 fully saturated rings. The van der Waals surface area contributed by atoms with Crippen LogP contribution in [0.2, 0.25) is 10.0 Å². The summed E-state index contributed by atoms with van der Waals surface area (Å²) in [7, 11) is 3.05. The minimum atomic E-state index is -4.50. The van der Waals surface area contributed by atoms with Crippen LogP contribution < -0.4 is 15.4 Å². The number of likely N-dealkylation sites (N-methyl/N-ethyl adjacent to an activating group) is 1. The van der Waals surface area contributed by atoms with Crippen molar-refractivity contribution in [3.05, 3.63) is 93.2 Å². The van der Waals surface area contributed by atoms with E-state index in [-0.39, 0.29) is 11.9 Å². The summed E-state index contributed by atoms with van der Waals surface area (Å²) in [5, 5.41) is 7.02. The number of hydrogen-bond donors (Lipinski definition) is 2. The monoisotopic (exact) mass is 525 g/mol. The number of nitrogens with zero attached hydrogens (tertiary/aromatic N) is 1. The van der Waals surface area contributed by atoms with Crippen LogP contribution in [0.5, 0.6) is 5.75 Å². The number of alkyl halides is 3. The van der Waals surface area contributed by atoms with Crippen molar-refractivity contribution in [3.63, 3.8) is 0 Å². The van der Waals surface area contributed by atoms with Gasteiger partial charge in [-0.3, -0.25) is 15.1 Å². The Bertz CT molecular complexity index is 1140. The first kappa shape index (κ1) is 26.8. The van der Waals surface area contributed by atoms with E-state index in [9.17, 15) is 18.0 Å². The van der Waals surface area contributed by atoms with E-state index in [2.05, 4.69) is 15.6 Å². The van der Waals surface area contributed by atoms with Crippen LogP contribution in [0.25, 0.3) is 0 Å². The molecule has 1 amide bonds. The van der Waals surface area contributed by atoms with Crippen LogP contribution in [0.3, 0.4) is 0 Å². The van der Waals surface area contributed by atoms with Gasteiger partial charge in [-0.15, -0.1) is 0 Å². The summed E-state index contributed by atoms with van der Waals surface area (Å²) in [6.07, 6.45) is -2.41. The summed E-state index contributed by atoms with van der Waals surface area (Å²) in [4.78, 5) is 16.3. The Kier molecular flexibility index (Phi) is 8.99. The zero-order chi connectivity index (χ0) is 25.6. The Morgan fingerprint density at radius 2 is 1.74 bits per heavy atom. The van der Waals surface area contributed by atoms with E-state index in [0.29, 0.717) is 39.8 Å². The number of ether oxygens (including phenoxy) is 1. The fraction of sp³-hybridized carbons (Fsp3) is 0.280. The molecule has 0 bridgehead atoms. The average molecular weight is 526 g/mol. The summed E-state index contributed by atoms with van der Waals surface area (Å²) in [5.41, 5.74) is 1.19. The van der Waals surface area contributed by atoms with Crippen molar-refractivity contribution in [2.75, 3.05) is 14.2 Å². The Balaban J connectivity index is 1.91. The molecule has 0 aliphatic rings.